The van der Waals surface area contributed by atoms with Crippen LogP contribution in [0.25, 0.3) is 0 Å². The molecule has 0 aromatic carbocycles. The fourth-order valence-corrected chi connectivity index (χ4v) is 3.86. The Morgan fingerprint density at radius 3 is 2.73 bits per heavy atom. The molecule has 2 aliphatic heterocycles. The summed E-state index contributed by atoms with van der Waals surface area (Å²) in [6.45, 7) is 6.16. The number of aromatic nitrogens is 1. The molecular formula is C20H25N3O3. The average molecular weight is 355 g/mol. The summed E-state index contributed by atoms with van der Waals surface area (Å²) in [6.07, 6.45) is 5.44. The lowest BCUT2D eigenvalue weighted by Gasteiger charge is -2.47. The SMILES string of the molecule is Cc1ccc(CN2CCC3(CC2)CN(Cc2cccnc2)C(=O)CO3)o1. The molecule has 26 heavy (non-hydrogen) atoms. The van der Waals surface area contributed by atoms with E-state index in [1.54, 1.807) is 6.20 Å². The van der Waals surface area contributed by atoms with Gasteiger partial charge in [0.15, 0.2) is 0 Å². The number of nitrogens with zero attached hydrogens (tertiary/aromatic N) is 3. The van der Waals surface area contributed by atoms with Gasteiger partial charge in [-0.05, 0) is 43.5 Å². The lowest BCUT2D eigenvalue weighted by atomic mass is 9.89. The van der Waals surface area contributed by atoms with Gasteiger partial charge in [0.1, 0.15) is 18.1 Å². The van der Waals surface area contributed by atoms with Crippen molar-refractivity contribution in [2.75, 3.05) is 26.2 Å². The van der Waals surface area contributed by atoms with E-state index in [2.05, 4.69) is 9.88 Å². The van der Waals surface area contributed by atoms with E-state index in [-0.39, 0.29) is 18.1 Å². The molecule has 0 aliphatic carbocycles. The summed E-state index contributed by atoms with van der Waals surface area (Å²) in [4.78, 5) is 20.8. The van der Waals surface area contributed by atoms with Gasteiger partial charge >= 0.3 is 0 Å². The van der Waals surface area contributed by atoms with Crippen LogP contribution in [0.3, 0.4) is 0 Å². The molecule has 138 valence electrons. The summed E-state index contributed by atoms with van der Waals surface area (Å²) in [6, 6.07) is 7.97. The van der Waals surface area contributed by atoms with E-state index in [1.165, 1.54) is 0 Å². The molecule has 1 spiro atoms. The Hall–Kier alpha value is -2.18. The Bertz CT molecular complexity index is 751. The summed E-state index contributed by atoms with van der Waals surface area (Å²) >= 11 is 0. The number of ether oxygens (including phenoxy) is 1. The molecule has 0 bridgehead atoms. The van der Waals surface area contributed by atoms with Gasteiger partial charge in [0.05, 0.1) is 18.7 Å². The molecule has 0 radical (unpaired) electrons. The van der Waals surface area contributed by atoms with Crippen LogP contribution in [-0.4, -0.2) is 52.5 Å². The number of amides is 1. The minimum Gasteiger partial charge on any atom is -0.465 e. The third kappa shape index (κ3) is 3.81. The van der Waals surface area contributed by atoms with Gasteiger partial charge in [0, 0.05) is 32.0 Å². The zero-order valence-electron chi connectivity index (χ0n) is 15.2. The molecule has 2 aromatic rings. The second-order valence-electron chi connectivity index (χ2n) is 7.37. The first-order valence-corrected chi connectivity index (χ1v) is 9.20. The number of rotatable bonds is 4. The summed E-state index contributed by atoms with van der Waals surface area (Å²) in [5.74, 6) is 2.03. The molecule has 2 fully saturated rings. The van der Waals surface area contributed by atoms with Crippen LogP contribution in [0.1, 0.15) is 29.9 Å². The number of aryl methyl sites for hydroxylation is 1. The first kappa shape index (κ1) is 17.2. The summed E-state index contributed by atoms with van der Waals surface area (Å²) in [5.41, 5.74) is 0.842. The highest BCUT2D eigenvalue weighted by Gasteiger charge is 2.42. The highest BCUT2D eigenvalue weighted by molar-refractivity contribution is 5.78. The maximum atomic E-state index is 12.3. The summed E-state index contributed by atoms with van der Waals surface area (Å²) < 4.78 is 11.7. The number of piperidine rings is 1. The molecule has 4 rings (SSSR count). The van der Waals surface area contributed by atoms with Crippen LogP contribution in [0, 0.1) is 6.92 Å². The molecule has 6 nitrogen and oxygen atoms in total. The highest BCUT2D eigenvalue weighted by Crippen LogP contribution is 2.31. The topological polar surface area (TPSA) is 58.8 Å². The van der Waals surface area contributed by atoms with Gasteiger partial charge in [-0.25, -0.2) is 0 Å². The van der Waals surface area contributed by atoms with E-state index in [1.807, 2.05) is 42.3 Å². The maximum Gasteiger partial charge on any atom is 0.248 e. The van der Waals surface area contributed by atoms with Crippen LogP contribution in [0.4, 0.5) is 0 Å². The maximum absolute atomic E-state index is 12.3. The Balaban J connectivity index is 1.36. The Morgan fingerprint density at radius 1 is 1.19 bits per heavy atom. The van der Waals surface area contributed by atoms with E-state index in [0.29, 0.717) is 13.1 Å². The largest absolute Gasteiger partial charge is 0.465 e. The second-order valence-corrected chi connectivity index (χ2v) is 7.37. The predicted molar refractivity (Wildman–Crippen MR) is 96.3 cm³/mol. The molecule has 0 atom stereocenters. The summed E-state index contributed by atoms with van der Waals surface area (Å²) in [7, 11) is 0. The first-order valence-electron chi connectivity index (χ1n) is 9.20. The number of morpholine rings is 1. The van der Waals surface area contributed by atoms with E-state index >= 15 is 0 Å². The third-order valence-electron chi connectivity index (χ3n) is 5.37. The normalized spacial score (nSPS) is 20.7. The standard InChI is InChI=1S/C20H25N3O3/c1-16-4-5-18(26-16)13-22-9-6-20(7-10-22)15-23(19(24)14-25-20)12-17-3-2-8-21-11-17/h2-5,8,11H,6-7,9-10,12-15H2,1H3. The van der Waals surface area contributed by atoms with Crippen molar-refractivity contribution in [1.82, 2.24) is 14.8 Å². The van der Waals surface area contributed by atoms with Crippen LogP contribution in [-0.2, 0) is 22.6 Å². The van der Waals surface area contributed by atoms with Gasteiger partial charge in [0.2, 0.25) is 5.91 Å². The van der Waals surface area contributed by atoms with E-state index in [0.717, 1.165) is 49.6 Å². The fourth-order valence-electron chi connectivity index (χ4n) is 3.86. The monoisotopic (exact) mass is 355 g/mol. The Labute approximate surface area is 153 Å². The van der Waals surface area contributed by atoms with Crippen molar-refractivity contribution in [1.29, 1.82) is 0 Å². The van der Waals surface area contributed by atoms with Crippen molar-refractivity contribution in [2.24, 2.45) is 0 Å². The third-order valence-corrected chi connectivity index (χ3v) is 5.37. The molecule has 0 saturated carbocycles. The number of furan rings is 1. The molecule has 6 heteroatoms. The van der Waals surface area contributed by atoms with E-state index in [4.69, 9.17) is 9.15 Å². The number of hydrogen-bond donors (Lipinski definition) is 0. The lowest BCUT2D eigenvalue weighted by molar-refractivity contribution is -0.172. The number of pyridine rings is 1. The van der Waals surface area contributed by atoms with Gasteiger partial charge in [-0.15, -0.1) is 0 Å². The highest BCUT2D eigenvalue weighted by atomic mass is 16.5. The van der Waals surface area contributed by atoms with Crippen molar-refractivity contribution in [2.45, 2.75) is 38.5 Å². The van der Waals surface area contributed by atoms with Crippen molar-refractivity contribution >= 4 is 5.91 Å². The van der Waals surface area contributed by atoms with Gasteiger partial charge in [-0.2, -0.15) is 0 Å². The van der Waals surface area contributed by atoms with Crippen LogP contribution >= 0.6 is 0 Å². The second kappa shape index (κ2) is 7.21. The first-order chi connectivity index (χ1) is 12.6. The predicted octanol–water partition coefficient (Wildman–Crippen LogP) is 2.38. The van der Waals surface area contributed by atoms with Gasteiger partial charge < -0.3 is 14.1 Å². The van der Waals surface area contributed by atoms with Crippen molar-refractivity contribution in [3.63, 3.8) is 0 Å². The van der Waals surface area contributed by atoms with Crippen LogP contribution in [0.15, 0.2) is 41.1 Å². The molecule has 2 aliphatic rings. The summed E-state index contributed by atoms with van der Waals surface area (Å²) in [5, 5.41) is 0. The number of carbonyl (C=O) groups is 1. The molecule has 2 aromatic heterocycles. The zero-order chi connectivity index (χ0) is 18.0. The lowest BCUT2D eigenvalue weighted by Crippen LogP contribution is -2.58. The van der Waals surface area contributed by atoms with Crippen molar-refractivity contribution < 1.29 is 13.9 Å². The van der Waals surface area contributed by atoms with Gasteiger partial charge in [0.25, 0.3) is 0 Å². The van der Waals surface area contributed by atoms with E-state index < -0.39 is 0 Å². The minimum atomic E-state index is -0.217. The molecule has 4 heterocycles. The quantitative estimate of drug-likeness (QED) is 0.843. The van der Waals surface area contributed by atoms with Gasteiger partial charge in [-0.3, -0.25) is 14.7 Å². The smallest absolute Gasteiger partial charge is 0.248 e. The van der Waals surface area contributed by atoms with E-state index in [9.17, 15) is 4.79 Å². The minimum absolute atomic E-state index is 0.0629. The van der Waals surface area contributed by atoms with Crippen molar-refractivity contribution in [3.05, 3.63) is 53.7 Å². The molecule has 1 amide bonds. The fraction of sp³-hybridized carbons (Fsp3) is 0.500. The Kier molecular flexibility index (Phi) is 4.78. The molecule has 0 N–H and O–H groups in total. The number of hydrogen-bond acceptors (Lipinski definition) is 5. The zero-order valence-corrected chi connectivity index (χ0v) is 15.2. The van der Waals surface area contributed by atoms with Crippen molar-refractivity contribution in [3.8, 4) is 0 Å². The number of likely N-dealkylation sites (tertiary alicyclic amines) is 1. The Morgan fingerprint density at radius 2 is 2.04 bits per heavy atom. The average Bonchev–Trinajstić information content (AvgIpc) is 3.06. The van der Waals surface area contributed by atoms with Crippen LogP contribution < -0.4 is 0 Å². The van der Waals surface area contributed by atoms with Crippen LogP contribution in [0.5, 0.6) is 0 Å². The molecule has 0 unspecified atom stereocenters. The van der Waals surface area contributed by atoms with Gasteiger partial charge in [-0.1, -0.05) is 6.07 Å². The van der Waals surface area contributed by atoms with Crippen LogP contribution in [0.2, 0.25) is 0 Å². The molecular weight excluding hydrogens is 330 g/mol. The number of carbonyl (C=O) groups excluding carboxylic acids is 1. The molecule has 2 saturated heterocycles.